The third-order valence-electron chi connectivity index (χ3n) is 5.34. The van der Waals surface area contributed by atoms with Gasteiger partial charge in [-0.2, -0.15) is 0 Å². The Balaban J connectivity index is 1.44. The highest BCUT2D eigenvalue weighted by Crippen LogP contribution is 2.29. The maximum Gasteiger partial charge on any atom is 0.122 e. The minimum absolute atomic E-state index is 0.491. The summed E-state index contributed by atoms with van der Waals surface area (Å²) in [5.41, 5.74) is 1.29. The average molecular weight is 332 g/mol. The van der Waals surface area contributed by atoms with Gasteiger partial charge < -0.3 is 20.1 Å². The van der Waals surface area contributed by atoms with Crippen LogP contribution in [0.4, 0.5) is 0 Å². The van der Waals surface area contributed by atoms with Crippen molar-refractivity contribution in [2.45, 2.75) is 51.1 Å². The summed E-state index contributed by atoms with van der Waals surface area (Å²) in [5, 5.41) is 7.36. The van der Waals surface area contributed by atoms with E-state index in [1.807, 2.05) is 0 Å². The molecule has 2 aliphatic rings. The van der Waals surface area contributed by atoms with Gasteiger partial charge in [-0.25, -0.2) is 0 Å². The summed E-state index contributed by atoms with van der Waals surface area (Å²) in [7, 11) is 0. The van der Waals surface area contributed by atoms with Crippen molar-refractivity contribution < 1.29 is 9.47 Å². The molecule has 134 valence electrons. The van der Waals surface area contributed by atoms with Gasteiger partial charge >= 0.3 is 0 Å². The van der Waals surface area contributed by atoms with E-state index in [2.05, 4.69) is 48.7 Å². The Kier molecular flexibility index (Phi) is 6.52. The highest BCUT2D eigenvalue weighted by molar-refractivity contribution is 5.35. The molecule has 0 amide bonds. The Labute approximate surface area is 146 Å². The Morgan fingerprint density at radius 2 is 2.17 bits per heavy atom. The predicted octanol–water partition coefficient (Wildman–Crippen LogP) is 2.94. The van der Waals surface area contributed by atoms with E-state index in [1.54, 1.807) is 0 Å². The molecule has 1 saturated carbocycles. The van der Waals surface area contributed by atoms with Crippen molar-refractivity contribution in [3.8, 4) is 5.75 Å². The van der Waals surface area contributed by atoms with Gasteiger partial charge in [0.2, 0.25) is 0 Å². The standard InChI is InChI=1S/C20H32N2O2/c1-15(2)16-6-3-4-9-20(16)24-13-11-21-18-8-5-7-17(18)19-14-23-12-10-22-19/h3-4,6,9,15,17-19,21-22H,5,7-8,10-14H2,1-2H3. The van der Waals surface area contributed by atoms with Gasteiger partial charge in [-0.1, -0.05) is 38.5 Å². The van der Waals surface area contributed by atoms with Crippen molar-refractivity contribution >= 4 is 0 Å². The monoisotopic (exact) mass is 332 g/mol. The zero-order valence-corrected chi connectivity index (χ0v) is 15.1. The van der Waals surface area contributed by atoms with E-state index in [0.29, 0.717) is 23.9 Å². The summed E-state index contributed by atoms with van der Waals surface area (Å²) < 4.78 is 11.7. The molecule has 4 nitrogen and oxygen atoms in total. The van der Waals surface area contributed by atoms with E-state index < -0.39 is 0 Å². The molecule has 0 aromatic heterocycles. The fourth-order valence-corrected chi connectivity index (χ4v) is 4.08. The third-order valence-corrected chi connectivity index (χ3v) is 5.34. The maximum absolute atomic E-state index is 6.04. The number of morpholine rings is 1. The summed E-state index contributed by atoms with van der Waals surface area (Å²) in [5.74, 6) is 2.21. The van der Waals surface area contributed by atoms with E-state index in [9.17, 15) is 0 Å². The van der Waals surface area contributed by atoms with Crippen LogP contribution in [0.2, 0.25) is 0 Å². The number of benzene rings is 1. The second-order valence-corrected chi connectivity index (χ2v) is 7.33. The van der Waals surface area contributed by atoms with Gasteiger partial charge in [-0.3, -0.25) is 0 Å². The van der Waals surface area contributed by atoms with Gasteiger partial charge in [0, 0.05) is 25.2 Å². The summed E-state index contributed by atoms with van der Waals surface area (Å²) in [6, 6.07) is 9.49. The van der Waals surface area contributed by atoms with Crippen LogP contribution in [0, 0.1) is 5.92 Å². The molecule has 1 aromatic carbocycles. The fourth-order valence-electron chi connectivity index (χ4n) is 4.08. The third kappa shape index (κ3) is 4.50. The van der Waals surface area contributed by atoms with Crippen molar-refractivity contribution in [2.75, 3.05) is 32.9 Å². The average Bonchev–Trinajstić information content (AvgIpc) is 3.08. The second kappa shape index (κ2) is 8.84. The molecule has 1 aromatic rings. The van der Waals surface area contributed by atoms with Crippen molar-refractivity contribution in [1.82, 2.24) is 10.6 Å². The lowest BCUT2D eigenvalue weighted by Gasteiger charge is -2.33. The molecule has 1 saturated heterocycles. The van der Waals surface area contributed by atoms with Crippen LogP contribution in [-0.2, 0) is 4.74 Å². The minimum atomic E-state index is 0.491. The van der Waals surface area contributed by atoms with Crippen LogP contribution in [0.5, 0.6) is 5.75 Å². The van der Waals surface area contributed by atoms with E-state index >= 15 is 0 Å². The van der Waals surface area contributed by atoms with Gasteiger partial charge in [-0.05, 0) is 36.3 Å². The first-order valence-electron chi connectivity index (χ1n) is 9.52. The second-order valence-electron chi connectivity index (χ2n) is 7.33. The fraction of sp³-hybridized carbons (Fsp3) is 0.700. The largest absolute Gasteiger partial charge is 0.492 e. The molecule has 0 radical (unpaired) electrons. The molecule has 2 fully saturated rings. The Morgan fingerprint density at radius 3 is 2.96 bits per heavy atom. The molecule has 2 N–H and O–H groups in total. The molecule has 1 heterocycles. The van der Waals surface area contributed by atoms with Crippen LogP contribution in [0.25, 0.3) is 0 Å². The van der Waals surface area contributed by atoms with Crippen LogP contribution in [-0.4, -0.2) is 45.0 Å². The van der Waals surface area contributed by atoms with Gasteiger partial charge in [0.25, 0.3) is 0 Å². The smallest absolute Gasteiger partial charge is 0.122 e. The van der Waals surface area contributed by atoms with Crippen molar-refractivity contribution in [3.63, 3.8) is 0 Å². The first kappa shape index (κ1) is 17.7. The van der Waals surface area contributed by atoms with Gasteiger partial charge in [0.15, 0.2) is 0 Å². The van der Waals surface area contributed by atoms with E-state index in [0.717, 1.165) is 38.7 Å². The number of para-hydroxylation sites is 1. The number of rotatable bonds is 7. The number of nitrogens with one attached hydrogen (secondary N) is 2. The highest BCUT2D eigenvalue weighted by atomic mass is 16.5. The van der Waals surface area contributed by atoms with Gasteiger partial charge in [-0.15, -0.1) is 0 Å². The Hall–Kier alpha value is -1.10. The first-order valence-corrected chi connectivity index (χ1v) is 9.52. The van der Waals surface area contributed by atoms with Crippen LogP contribution in [0.1, 0.15) is 44.6 Å². The Morgan fingerprint density at radius 1 is 1.29 bits per heavy atom. The van der Waals surface area contributed by atoms with E-state index in [-0.39, 0.29) is 0 Å². The zero-order chi connectivity index (χ0) is 16.8. The number of ether oxygens (including phenoxy) is 2. The molecule has 0 spiro atoms. The molecule has 3 atom stereocenters. The first-order chi connectivity index (χ1) is 11.8. The van der Waals surface area contributed by atoms with Crippen LogP contribution in [0.3, 0.4) is 0 Å². The summed E-state index contributed by atoms with van der Waals surface area (Å²) in [6.07, 6.45) is 3.89. The van der Waals surface area contributed by atoms with Crippen LogP contribution in [0.15, 0.2) is 24.3 Å². The molecular weight excluding hydrogens is 300 g/mol. The predicted molar refractivity (Wildman–Crippen MR) is 97.8 cm³/mol. The van der Waals surface area contributed by atoms with Crippen LogP contribution >= 0.6 is 0 Å². The zero-order valence-electron chi connectivity index (χ0n) is 15.1. The normalized spacial score (nSPS) is 27.5. The molecule has 1 aliphatic heterocycles. The molecule has 3 rings (SSSR count). The molecule has 1 aliphatic carbocycles. The van der Waals surface area contributed by atoms with Gasteiger partial charge in [0.05, 0.1) is 13.2 Å². The van der Waals surface area contributed by atoms with Crippen LogP contribution < -0.4 is 15.4 Å². The lowest BCUT2D eigenvalue weighted by atomic mass is 9.94. The quantitative estimate of drug-likeness (QED) is 0.754. The molecule has 24 heavy (non-hydrogen) atoms. The van der Waals surface area contributed by atoms with Crippen molar-refractivity contribution in [2.24, 2.45) is 5.92 Å². The number of hydrogen-bond donors (Lipinski definition) is 2. The Bertz CT molecular complexity index is 500. The van der Waals surface area contributed by atoms with E-state index in [4.69, 9.17) is 9.47 Å². The SMILES string of the molecule is CC(C)c1ccccc1OCCNC1CCCC1C1COCCN1. The molecule has 3 unspecified atom stereocenters. The summed E-state index contributed by atoms with van der Waals surface area (Å²) in [4.78, 5) is 0. The summed E-state index contributed by atoms with van der Waals surface area (Å²) in [6.45, 7) is 8.75. The number of hydrogen-bond acceptors (Lipinski definition) is 4. The molecule has 0 bridgehead atoms. The molecular formula is C20H32N2O2. The highest BCUT2D eigenvalue weighted by Gasteiger charge is 2.34. The van der Waals surface area contributed by atoms with Crippen molar-refractivity contribution in [3.05, 3.63) is 29.8 Å². The van der Waals surface area contributed by atoms with Gasteiger partial charge in [0.1, 0.15) is 12.4 Å². The van der Waals surface area contributed by atoms with Crippen molar-refractivity contribution in [1.29, 1.82) is 0 Å². The topological polar surface area (TPSA) is 42.5 Å². The van der Waals surface area contributed by atoms with E-state index in [1.165, 1.54) is 24.8 Å². The summed E-state index contributed by atoms with van der Waals surface area (Å²) >= 11 is 0. The molecule has 4 heteroatoms. The lowest BCUT2D eigenvalue weighted by molar-refractivity contribution is 0.0523. The lowest BCUT2D eigenvalue weighted by Crippen LogP contribution is -2.51. The minimum Gasteiger partial charge on any atom is -0.492 e. The maximum atomic E-state index is 6.04.